The van der Waals surface area contributed by atoms with Crippen LogP contribution in [0.3, 0.4) is 0 Å². The Kier molecular flexibility index (Phi) is 10.1. The van der Waals surface area contributed by atoms with Crippen LogP contribution in [0.1, 0.15) is 124 Å². The predicted molar refractivity (Wildman–Crippen MR) is 176 cm³/mol. The quantitative estimate of drug-likeness (QED) is 0.251. The maximum Gasteiger partial charge on any atom is 0.184 e. The Balaban J connectivity index is 1.17. The van der Waals surface area contributed by atoms with E-state index in [9.17, 15) is 15.0 Å². The summed E-state index contributed by atoms with van der Waals surface area (Å²) < 4.78 is 5.17. The second kappa shape index (κ2) is 13.3. The van der Waals surface area contributed by atoms with Gasteiger partial charge in [-0.1, -0.05) is 66.0 Å². The molecule has 4 fully saturated rings. The molecule has 0 radical (unpaired) electrons. The number of ether oxygens (including phenoxy) is 1. The van der Waals surface area contributed by atoms with E-state index in [4.69, 9.17) is 4.74 Å². The third-order valence-electron chi connectivity index (χ3n) is 13.8. The number of ketones is 1. The van der Waals surface area contributed by atoms with Crippen molar-refractivity contribution in [3.63, 3.8) is 0 Å². The van der Waals surface area contributed by atoms with Crippen LogP contribution in [0, 0.1) is 58.2 Å². The Hall–Kier alpha value is -1.81. The highest BCUT2D eigenvalue weighted by molar-refractivity contribution is 5.96. The SMILES string of the molecule is COc1cc(/C=C/C(=O)C(O)C[C@H](CC[C@@H](C)[C@H]2CC[C@H]3[C@@H]4CCC5CCCC[C@]5(C)[C@H]4CC[C@]23C)C(C)C)ccc1O. The lowest BCUT2D eigenvalue weighted by atomic mass is 9.44. The van der Waals surface area contributed by atoms with Crippen molar-refractivity contribution in [2.75, 3.05) is 7.11 Å². The van der Waals surface area contributed by atoms with E-state index < -0.39 is 6.10 Å². The molecule has 0 amide bonds. The predicted octanol–water partition coefficient (Wildman–Crippen LogP) is 9.47. The summed E-state index contributed by atoms with van der Waals surface area (Å²) in [7, 11) is 1.50. The largest absolute Gasteiger partial charge is 0.504 e. The molecular formula is C39H60O4. The minimum Gasteiger partial charge on any atom is -0.504 e. The Labute approximate surface area is 262 Å². The molecule has 0 saturated heterocycles. The lowest BCUT2D eigenvalue weighted by Gasteiger charge is -2.61. The van der Waals surface area contributed by atoms with Crippen LogP contribution in [0.25, 0.3) is 6.08 Å². The topological polar surface area (TPSA) is 66.8 Å². The fourth-order valence-electron chi connectivity index (χ4n) is 11.2. The van der Waals surface area contributed by atoms with Gasteiger partial charge in [0.2, 0.25) is 0 Å². The van der Waals surface area contributed by atoms with E-state index in [1.54, 1.807) is 24.3 Å². The van der Waals surface area contributed by atoms with Crippen LogP contribution in [0.5, 0.6) is 11.5 Å². The van der Waals surface area contributed by atoms with E-state index in [1.807, 2.05) is 0 Å². The van der Waals surface area contributed by atoms with Crippen molar-refractivity contribution in [1.29, 1.82) is 0 Å². The normalized spacial score (nSPS) is 36.0. The van der Waals surface area contributed by atoms with Crippen LogP contribution in [-0.4, -0.2) is 29.2 Å². The summed E-state index contributed by atoms with van der Waals surface area (Å²) >= 11 is 0. The summed E-state index contributed by atoms with van der Waals surface area (Å²) in [6.07, 6.45) is 19.5. The summed E-state index contributed by atoms with van der Waals surface area (Å²) in [6, 6.07) is 4.97. The summed E-state index contributed by atoms with van der Waals surface area (Å²) in [5, 5.41) is 20.7. The number of fused-ring (bicyclic) bond motifs is 5. The molecule has 2 N–H and O–H groups in total. The third-order valence-corrected chi connectivity index (χ3v) is 13.8. The number of carbonyl (C=O) groups is 1. The molecule has 0 aliphatic heterocycles. The first kappa shape index (κ1) is 32.6. The standard InChI is InChI=1S/C39H60O4/c1-25(2)28(24-36(42)34(40)18-11-27-12-19-35(41)37(23-27)43-6)13-10-26(3)31-16-17-32-30-15-14-29-9-7-8-21-38(29,4)33(30)20-22-39(31,32)5/h11-12,18-19,23,25-26,28-33,36,41-42H,7-10,13-17,20-22,24H2,1-6H3/b18-11+/t26-,28+,29?,30+,31-,32+,33+,36?,38+,39-/m1/s1. The third kappa shape index (κ3) is 6.47. The molecule has 5 rings (SSSR count). The Morgan fingerprint density at radius 2 is 1.74 bits per heavy atom. The number of methoxy groups -OCH3 is 1. The monoisotopic (exact) mass is 592 g/mol. The molecule has 4 nitrogen and oxygen atoms in total. The molecule has 0 bridgehead atoms. The number of aliphatic hydroxyl groups is 1. The number of hydrogen-bond donors (Lipinski definition) is 2. The lowest BCUT2D eigenvalue weighted by Crippen LogP contribution is -2.53. The zero-order valence-corrected chi connectivity index (χ0v) is 28.0. The van der Waals surface area contributed by atoms with Crippen molar-refractivity contribution in [2.45, 2.75) is 124 Å². The average Bonchev–Trinajstić information content (AvgIpc) is 3.35. The highest BCUT2D eigenvalue weighted by Gasteiger charge is 2.60. The minimum absolute atomic E-state index is 0.0655. The molecule has 0 aromatic heterocycles. The summed E-state index contributed by atoms with van der Waals surface area (Å²) in [4.78, 5) is 12.9. The second-order valence-corrected chi connectivity index (χ2v) is 16.1. The van der Waals surface area contributed by atoms with Gasteiger partial charge in [-0.15, -0.1) is 0 Å². The number of aliphatic hydroxyl groups excluding tert-OH is 1. The second-order valence-electron chi connectivity index (χ2n) is 16.1. The summed E-state index contributed by atoms with van der Waals surface area (Å²) in [5.41, 5.74) is 1.85. The van der Waals surface area contributed by atoms with Gasteiger partial charge in [-0.3, -0.25) is 4.79 Å². The first-order chi connectivity index (χ1) is 20.5. The number of hydrogen-bond acceptors (Lipinski definition) is 4. The zero-order valence-electron chi connectivity index (χ0n) is 28.0. The van der Waals surface area contributed by atoms with Crippen LogP contribution in [0.4, 0.5) is 0 Å². The smallest absolute Gasteiger partial charge is 0.184 e. The molecule has 4 heteroatoms. The Morgan fingerprint density at radius 1 is 0.977 bits per heavy atom. The van der Waals surface area contributed by atoms with Gasteiger partial charge in [-0.05, 0) is 146 Å². The molecule has 4 aliphatic carbocycles. The maximum absolute atomic E-state index is 12.9. The number of phenolic OH excluding ortho intramolecular Hbond substituents is 1. The van der Waals surface area contributed by atoms with Crippen molar-refractivity contribution >= 4 is 11.9 Å². The Bertz CT molecular complexity index is 1140. The van der Waals surface area contributed by atoms with Gasteiger partial charge in [0.25, 0.3) is 0 Å². The number of benzene rings is 1. The van der Waals surface area contributed by atoms with Crippen LogP contribution in [0.15, 0.2) is 24.3 Å². The minimum atomic E-state index is -0.988. The fraction of sp³-hybridized carbons (Fsp3) is 0.769. The number of carbonyl (C=O) groups excluding carboxylic acids is 1. The van der Waals surface area contributed by atoms with Gasteiger partial charge in [-0.2, -0.15) is 0 Å². The molecule has 1 aromatic carbocycles. The van der Waals surface area contributed by atoms with Crippen molar-refractivity contribution in [3.05, 3.63) is 29.8 Å². The molecule has 4 saturated carbocycles. The van der Waals surface area contributed by atoms with Gasteiger partial charge >= 0.3 is 0 Å². The molecule has 1 aromatic rings. The average molecular weight is 593 g/mol. The van der Waals surface area contributed by atoms with Crippen molar-refractivity contribution < 1.29 is 19.7 Å². The van der Waals surface area contributed by atoms with Gasteiger partial charge in [0.15, 0.2) is 17.3 Å². The molecule has 2 unspecified atom stereocenters. The van der Waals surface area contributed by atoms with Crippen LogP contribution in [0.2, 0.25) is 0 Å². The molecule has 0 spiro atoms. The van der Waals surface area contributed by atoms with Gasteiger partial charge in [0, 0.05) is 0 Å². The molecular weight excluding hydrogens is 532 g/mol. The van der Waals surface area contributed by atoms with E-state index in [1.165, 1.54) is 83.8 Å². The van der Waals surface area contributed by atoms with Crippen LogP contribution in [-0.2, 0) is 4.79 Å². The van der Waals surface area contributed by atoms with Gasteiger partial charge < -0.3 is 14.9 Å². The Morgan fingerprint density at radius 3 is 2.49 bits per heavy atom. The highest BCUT2D eigenvalue weighted by Crippen LogP contribution is 2.68. The molecule has 240 valence electrons. The molecule has 4 aliphatic rings. The van der Waals surface area contributed by atoms with Crippen molar-refractivity contribution in [3.8, 4) is 11.5 Å². The van der Waals surface area contributed by atoms with Gasteiger partial charge in [0.05, 0.1) is 7.11 Å². The number of aromatic hydroxyl groups is 1. The molecule has 43 heavy (non-hydrogen) atoms. The fourth-order valence-corrected chi connectivity index (χ4v) is 11.2. The summed E-state index contributed by atoms with van der Waals surface area (Å²) in [6.45, 7) is 12.4. The number of rotatable bonds is 11. The van der Waals surface area contributed by atoms with Gasteiger partial charge in [-0.25, -0.2) is 0 Å². The van der Waals surface area contributed by atoms with Crippen LogP contribution < -0.4 is 4.74 Å². The maximum atomic E-state index is 12.9. The summed E-state index contributed by atoms with van der Waals surface area (Å²) in [5.74, 6) is 6.25. The first-order valence-corrected chi connectivity index (χ1v) is 17.7. The van der Waals surface area contributed by atoms with E-state index in [-0.39, 0.29) is 11.5 Å². The van der Waals surface area contributed by atoms with E-state index in [2.05, 4.69) is 34.6 Å². The molecule has 0 heterocycles. The van der Waals surface area contributed by atoms with Crippen molar-refractivity contribution in [2.24, 2.45) is 58.2 Å². The molecule has 10 atom stereocenters. The van der Waals surface area contributed by atoms with Crippen molar-refractivity contribution in [1.82, 2.24) is 0 Å². The van der Waals surface area contributed by atoms with E-state index >= 15 is 0 Å². The zero-order chi connectivity index (χ0) is 30.9. The highest BCUT2D eigenvalue weighted by atomic mass is 16.5. The van der Waals surface area contributed by atoms with Crippen LogP contribution >= 0.6 is 0 Å². The van der Waals surface area contributed by atoms with Gasteiger partial charge in [0.1, 0.15) is 6.10 Å². The first-order valence-electron chi connectivity index (χ1n) is 17.7. The number of phenols is 1. The van der Waals surface area contributed by atoms with E-state index in [0.717, 1.165) is 41.6 Å². The van der Waals surface area contributed by atoms with E-state index in [0.29, 0.717) is 40.8 Å². The lowest BCUT2D eigenvalue weighted by molar-refractivity contribution is -0.123.